The molecule has 0 fully saturated rings. The van der Waals surface area contributed by atoms with E-state index in [0.717, 1.165) is 36.1 Å². The fourth-order valence-corrected chi connectivity index (χ4v) is 4.49. The van der Waals surface area contributed by atoms with Crippen LogP contribution in [0, 0.1) is 0 Å². The molecule has 0 bridgehead atoms. The first-order chi connectivity index (χ1) is 13.8. The van der Waals surface area contributed by atoms with Gasteiger partial charge in [-0.1, -0.05) is 68.3 Å². The molecular formula is C23H32N2O3S. The first-order valence-corrected chi connectivity index (χ1v) is 11.9. The third-order valence-electron chi connectivity index (χ3n) is 4.67. The molecule has 6 heteroatoms. The molecule has 0 aliphatic rings. The van der Waals surface area contributed by atoms with Gasteiger partial charge in [0.2, 0.25) is 5.91 Å². The summed E-state index contributed by atoms with van der Waals surface area (Å²) in [5.41, 5.74) is 4.31. The molecule has 2 rings (SSSR count). The molecule has 0 aliphatic carbocycles. The van der Waals surface area contributed by atoms with Crippen LogP contribution in [0.5, 0.6) is 0 Å². The number of unbranched alkanes of at least 4 members (excludes halogenated alkanes) is 2. The zero-order chi connectivity index (χ0) is 21.3. The molecule has 0 atom stereocenters. The van der Waals surface area contributed by atoms with Crippen LogP contribution in [-0.4, -0.2) is 44.8 Å². The highest BCUT2D eigenvalue weighted by atomic mass is 32.2. The monoisotopic (exact) mass is 416 g/mol. The van der Waals surface area contributed by atoms with Crippen LogP contribution >= 0.6 is 0 Å². The van der Waals surface area contributed by atoms with Crippen molar-refractivity contribution in [1.82, 2.24) is 10.2 Å². The highest BCUT2D eigenvalue weighted by Crippen LogP contribution is 2.24. The van der Waals surface area contributed by atoms with E-state index in [2.05, 4.69) is 34.5 Å². The van der Waals surface area contributed by atoms with Gasteiger partial charge in [-0.2, -0.15) is 0 Å². The average molecular weight is 417 g/mol. The van der Waals surface area contributed by atoms with Gasteiger partial charge in [0.25, 0.3) is 0 Å². The van der Waals surface area contributed by atoms with Crippen molar-refractivity contribution in [2.24, 2.45) is 0 Å². The van der Waals surface area contributed by atoms with Crippen molar-refractivity contribution >= 4 is 15.7 Å². The minimum absolute atomic E-state index is 0.0736. The first kappa shape index (κ1) is 23.1. The Hall–Kier alpha value is -2.18. The standard InChI is InChI=1S/C23H32N2O3S/c1-4-5-8-15-29(27,28)18-23(26)24-16-21-9-6-7-10-22(21)20-13-11-19(12-14-20)17-25(2)3/h6-7,9-14H,4-5,8,15-18H2,1-3H3,(H,24,26). The van der Waals surface area contributed by atoms with Crippen molar-refractivity contribution in [2.75, 3.05) is 25.6 Å². The van der Waals surface area contributed by atoms with E-state index >= 15 is 0 Å². The molecule has 2 aromatic rings. The Balaban J connectivity index is 2.01. The highest BCUT2D eigenvalue weighted by molar-refractivity contribution is 7.92. The lowest BCUT2D eigenvalue weighted by Gasteiger charge is -2.13. The molecule has 0 saturated carbocycles. The number of hydrogen-bond acceptors (Lipinski definition) is 4. The summed E-state index contributed by atoms with van der Waals surface area (Å²) in [5.74, 6) is -0.819. The Bertz CT molecular complexity index is 891. The van der Waals surface area contributed by atoms with Crippen molar-refractivity contribution in [3.63, 3.8) is 0 Å². The van der Waals surface area contributed by atoms with Gasteiger partial charge in [0.05, 0.1) is 5.75 Å². The van der Waals surface area contributed by atoms with Crippen LogP contribution in [0.4, 0.5) is 0 Å². The number of amides is 1. The Labute approximate surface area is 175 Å². The molecule has 0 spiro atoms. The van der Waals surface area contributed by atoms with Crippen LogP contribution in [-0.2, 0) is 27.7 Å². The van der Waals surface area contributed by atoms with Crippen LogP contribution in [0.2, 0.25) is 0 Å². The molecule has 0 aromatic heterocycles. The normalized spacial score (nSPS) is 11.6. The van der Waals surface area contributed by atoms with Gasteiger partial charge in [0, 0.05) is 13.1 Å². The molecule has 0 radical (unpaired) electrons. The maximum Gasteiger partial charge on any atom is 0.235 e. The summed E-state index contributed by atoms with van der Waals surface area (Å²) in [4.78, 5) is 14.3. The largest absolute Gasteiger partial charge is 0.351 e. The van der Waals surface area contributed by atoms with Gasteiger partial charge in [-0.15, -0.1) is 0 Å². The fourth-order valence-electron chi connectivity index (χ4n) is 3.20. The van der Waals surface area contributed by atoms with Gasteiger partial charge in [-0.05, 0) is 42.8 Å². The Morgan fingerprint density at radius 1 is 1.00 bits per heavy atom. The van der Waals surface area contributed by atoms with Crippen LogP contribution in [0.3, 0.4) is 0 Å². The summed E-state index contributed by atoms with van der Waals surface area (Å²) in [6.07, 6.45) is 2.43. The summed E-state index contributed by atoms with van der Waals surface area (Å²) in [7, 11) is 0.725. The minimum Gasteiger partial charge on any atom is -0.351 e. The number of hydrogen-bond donors (Lipinski definition) is 1. The SMILES string of the molecule is CCCCCS(=O)(=O)CC(=O)NCc1ccccc1-c1ccc(CN(C)C)cc1. The molecule has 0 heterocycles. The van der Waals surface area contributed by atoms with Crippen molar-refractivity contribution in [2.45, 2.75) is 39.3 Å². The lowest BCUT2D eigenvalue weighted by molar-refractivity contribution is -0.118. The topological polar surface area (TPSA) is 66.5 Å². The summed E-state index contributed by atoms with van der Waals surface area (Å²) < 4.78 is 24.1. The summed E-state index contributed by atoms with van der Waals surface area (Å²) >= 11 is 0. The van der Waals surface area contributed by atoms with Crippen molar-refractivity contribution in [3.8, 4) is 11.1 Å². The van der Waals surface area contributed by atoms with Crippen LogP contribution in [0.15, 0.2) is 48.5 Å². The molecule has 0 unspecified atom stereocenters. The molecule has 2 aromatic carbocycles. The van der Waals surface area contributed by atoms with Gasteiger partial charge in [0.15, 0.2) is 9.84 Å². The predicted molar refractivity (Wildman–Crippen MR) is 119 cm³/mol. The van der Waals surface area contributed by atoms with Crippen LogP contribution in [0.25, 0.3) is 11.1 Å². The number of nitrogens with zero attached hydrogens (tertiary/aromatic N) is 1. The smallest absolute Gasteiger partial charge is 0.235 e. The van der Waals surface area contributed by atoms with E-state index in [9.17, 15) is 13.2 Å². The Morgan fingerprint density at radius 2 is 1.69 bits per heavy atom. The number of nitrogens with one attached hydrogen (secondary N) is 1. The first-order valence-electron chi connectivity index (χ1n) is 10.1. The molecule has 1 N–H and O–H groups in total. The molecule has 0 saturated heterocycles. The van der Waals surface area contributed by atoms with Crippen LogP contribution < -0.4 is 5.32 Å². The zero-order valence-corrected chi connectivity index (χ0v) is 18.5. The lowest BCUT2D eigenvalue weighted by Crippen LogP contribution is -2.31. The molecule has 0 aliphatic heterocycles. The third kappa shape index (κ3) is 7.99. The number of carbonyl (C=O) groups excluding carboxylic acids is 1. The van der Waals surface area contributed by atoms with E-state index in [0.29, 0.717) is 13.0 Å². The second-order valence-corrected chi connectivity index (χ2v) is 9.85. The van der Waals surface area contributed by atoms with Gasteiger partial charge in [-0.3, -0.25) is 4.79 Å². The molecule has 5 nitrogen and oxygen atoms in total. The van der Waals surface area contributed by atoms with E-state index < -0.39 is 21.5 Å². The van der Waals surface area contributed by atoms with Crippen molar-refractivity contribution in [1.29, 1.82) is 0 Å². The lowest BCUT2D eigenvalue weighted by atomic mass is 9.98. The summed E-state index contributed by atoms with van der Waals surface area (Å²) in [5, 5.41) is 2.77. The number of sulfone groups is 1. The second kappa shape index (κ2) is 11.1. The Kier molecular flexibility index (Phi) is 8.86. The number of benzene rings is 2. The van der Waals surface area contributed by atoms with E-state index in [1.54, 1.807) is 0 Å². The summed E-state index contributed by atoms with van der Waals surface area (Å²) in [6.45, 7) is 3.20. The predicted octanol–water partition coefficient (Wildman–Crippen LogP) is 3.64. The highest BCUT2D eigenvalue weighted by Gasteiger charge is 2.16. The minimum atomic E-state index is -3.35. The van der Waals surface area contributed by atoms with E-state index in [1.165, 1.54) is 5.56 Å². The number of carbonyl (C=O) groups is 1. The third-order valence-corrected chi connectivity index (χ3v) is 6.28. The maximum absolute atomic E-state index is 12.2. The van der Waals surface area contributed by atoms with Gasteiger partial charge in [-0.25, -0.2) is 8.42 Å². The quantitative estimate of drug-likeness (QED) is 0.568. The molecule has 29 heavy (non-hydrogen) atoms. The average Bonchev–Trinajstić information content (AvgIpc) is 2.66. The van der Waals surface area contributed by atoms with Gasteiger partial charge in [0.1, 0.15) is 5.75 Å². The molecular weight excluding hydrogens is 384 g/mol. The van der Waals surface area contributed by atoms with Gasteiger partial charge >= 0.3 is 0 Å². The molecule has 158 valence electrons. The van der Waals surface area contributed by atoms with Crippen molar-refractivity contribution < 1.29 is 13.2 Å². The van der Waals surface area contributed by atoms with E-state index in [-0.39, 0.29) is 5.75 Å². The van der Waals surface area contributed by atoms with E-state index in [1.807, 2.05) is 45.3 Å². The second-order valence-electron chi connectivity index (χ2n) is 7.67. The zero-order valence-electron chi connectivity index (χ0n) is 17.6. The van der Waals surface area contributed by atoms with Crippen molar-refractivity contribution in [3.05, 3.63) is 59.7 Å². The molecule has 1 amide bonds. The van der Waals surface area contributed by atoms with Gasteiger partial charge < -0.3 is 10.2 Å². The van der Waals surface area contributed by atoms with E-state index in [4.69, 9.17) is 0 Å². The fraction of sp³-hybridized carbons (Fsp3) is 0.435. The maximum atomic E-state index is 12.2. The summed E-state index contributed by atoms with van der Waals surface area (Å²) in [6, 6.07) is 16.2. The number of rotatable bonds is 11. The van der Waals surface area contributed by atoms with Crippen LogP contribution in [0.1, 0.15) is 37.3 Å². The Morgan fingerprint density at radius 3 is 2.34 bits per heavy atom.